The molecule has 6 nitrogen and oxygen atoms in total. The van der Waals surface area contributed by atoms with Gasteiger partial charge in [0.1, 0.15) is 17.9 Å². The molecule has 0 unspecified atom stereocenters. The van der Waals surface area contributed by atoms with Crippen LogP contribution in [-0.2, 0) is 10.5 Å². The molecule has 0 bridgehead atoms. The Morgan fingerprint density at radius 1 is 1.12 bits per heavy atom. The van der Waals surface area contributed by atoms with Crippen molar-refractivity contribution in [2.24, 2.45) is 0 Å². The molecule has 164 valence electrons. The zero-order valence-corrected chi connectivity index (χ0v) is 18.3. The van der Waals surface area contributed by atoms with Crippen LogP contribution in [0.3, 0.4) is 0 Å². The predicted octanol–water partition coefficient (Wildman–Crippen LogP) is 3.33. The van der Waals surface area contributed by atoms with E-state index in [9.17, 15) is 18.4 Å². The van der Waals surface area contributed by atoms with Gasteiger partial charge in [-0.2, -0.15) is 0 Å². The summed E-state index contributed by atoms with van der Waals surface area (Å²) >= 11 is 3.00. The summed E-state index contributed by atoms with van der Waals surface area (Å²) in [6.45, 7) is 1.04. The minimum absolute atomic E-state index is 0.243. The lowest BCUT2D eigenvalue weighted by molar-refractivity contribution is -0.0193. The third kappa shape index (κ3) is 2.86. The summed E-state index contributed by atoms with van der Waals surface area (Å²) in [6.07, 6.45) is 1.11. The summed E-state index contributed by atoms with van der Waals surface area (Å²) < 4.78 is 36.5. The van der Waals surface area contributed by atoms with E-state index in [0.717, 1.165) is 15.8 Å². The monoisotopic (exact) mass is 473 g/mol. The van der Waals surface area contributed by atoms with Crippen molar-refractivity contribution >= 4 is 29.0 Å². The maximum Gasteiger partial charge on any atom is 0.274 e. The van der Waals surface area contributed by atoms with Gasteiger partial charge in [-0.15, -0.1) is 23.1 Å². The molecular formula is C22H17F2N3O3S2. The lowest BCUT2D eigenvalue weighted by Crippen LogP contribution is -2.66. The Morgan fingerprint density at radius 2 is 2.00 bits per heavy atom. The standard InChI is InChI=1S/C22H17F2N3O3S2/c23-15-2-1-13-14(19(15)24)11-32-17-4-8-31-21(17)20(13)27-18-10-30-7-6-25(18)22(29)16-9-12(28)3-5-26(16)27/h1-5,8-9,18,20H,6-7,10-11H2/t18-,20+/m1/s1. The quantitative estimate of drug-likeness (QED) is 0.543. The molecular weight excluding hydrogens is 456 g/mol. The normalized spacial score (nSPS) is 22.0. The highest BCUT2D eigenvalue weighted by Gasteiger charge is 2.45. The number of hydrogen-bond donors (Lipinski definition) is 0. The fraction of sp³-hybridized carbons (Fsp3) is 0.273. The van der Waals surface area contributed by atoms with Gasteiger partial charge in [-0.3, -0.25) is 19.3 Å². The number of aromatic nitrogens is 1. The van der Waals surface area contributed by atoms with Crippen LogP contribution in [0.5, 0.6) is 0 Å². The van der Waals surface area contributed by atoms with Crippen LogP contribution in [0.1, 0.15) is 32.5 Å². The number of thiophene rings is 1. The Kier molecular flexibility index (Phi) is 4.63. The van der Waals surface area contributed by atoms with Crippen molar-refractivity contribution in [2.45, 2.75) is 22.9 Å². The second-order valence-electron chi connectivity index (χ2n) is 7.80. The minimum Gasteiger partial charge on any atom is -0.375 e. The van der Waals surface area contributed by atoms with Gasteiger partial charge in [0.2, 0.25) is 0 Å². The molecule has 6 rings (SSSR count). The number of carbonyl (C=O) groups is 1. The summed E-state index contributed by atoms with van der Waals surface area (Å²) in [5.41, 5.74) is 0.932. The molecule has 2 aromatic heterocycles. The van der Waals surface area contributed by atoms with Crippen molar-refractivity contribution in [1.82, 2.24) is 9.58 Å². The number of thioether (sulfide) groups is 1. The molecule has 1 fully saturated rings. The van der Waals surface area contributed by atoms with E-state index >= 15 is 0 Å². The third-order valence-corrected chi connectivity index (χ3v) is 8.31. The lowest BCUT2D eigenvalue weighted by Gasteiger charge is -2.51. The SMILES string of the molecule is O=C1c2cc(=O)ccn2N([C@H]2c3ccc(F)c(F)c3CSc3ccsc32)[C@@H]2COCCN12. The summed E-state index contributed by atoms with van der Waals surface area (Å²) in [5.74, 6) is -1.67. The number of carbonyl (C=O) groups excluding carboxylic acids is 1. The highest BCUT2D eigenvalue weighted by atomic mass is 32.2. The summed E-state index contributed by atoms with van der Waals surface area (Å²) in [7, 11) is 0. The van der Waals surface area contributed by atoms with Gasteiger partial charge in [-0.25, -0.2) is 8.78 Å². The van der Waals surface area contributed by atoms with Crippen LogP contribution in [0.2, 0.25) is 0 Å². The fourth-order valence-corrected chi connectivity index (χ4v) is 6.98. The maximum atomic E-state index is 14.9. The van der Waals surface area contributed by atoms with E-state index in [4.69, 9.17) is 4.74 Å². The van der Waals surface area contributed by atoms with E-state index in [-0.39, 0.29) is 23.6 Å². The molecule has 2 atom stereocenters. The summed E-state index contributed by atoms with van der Waals surface area (Å²) in [5, 5.41) is 3.94. The minimum atomic E-state index is -0.881. The van der Waals surface area contributed by atoms with Gasteiger partial charge in [0.15, 0.2) is 17.1 Å². The molecule has 0 saturated carbocycles. The van der Waals surface area contributed by atoms with Crippen LogP contribution >= 0.6 is 23.1 Å². The van der Waals surface area contributed by atoms with Gasteiger partial charge < -0.3 is 9.64 Å². The van der Waals surface area contributed by atoms with E-state index in [2.05, 4.69) is 0 Å². The van der Waals surface area contributed by atoms with Crippen LogP contribution in [0, 0.1) is 11.6 Å². The number of ether oxygens (including phenoxy) is 1. The van der Waals surface area contributed by atoms with E-state index < -0.39 is 23.8 Å². The van der Waals surface area contributed by atoms with Crippen LogP contribution in [-0.4, -0.2) is 41.4 Å². The number of hydrogen-bond acceptors (Lipinski definition) is 6. The van der Waals surface area contributed by atoms with Crippen molar-refractivity contribution in [2.75, 3.05) is 24.8 Å². The second kappa shape index (κ2) is 7.43. The van der Waals surface area contributed by atoms with Crippen molar-refractivity contribution in [3.63, 3.8) is 0 Å². The number of pyridine rings is 1. The zero-order valence-electron chi connectivity index (χ0n) is 16.7. The van der Waals surface area contributed by atoms with E-state index in [1.165, 1.54) is 35.2 Å². The molecule has 1 saturated heterocycles. The number of benzene rings is 1. The molecule has 32 heavy (non-hydrogen) atoms. The van der Waals surface area contributed by atoms with Crippen LogP contribution in [0.4, 0.5) is 8.78 Å². The maximum absolute atomic E-state index is 14.9. The second-order valence-corrected chi connectivity index (χ2v) is 9.76. The van der Waals surface area contributed by atoms with Crippen LogP contribution in [0.15, 0.2) is 51.6 Å². The van der Waals surface area contributed by atoms with Gasteiger partial charge >= 0.3 is 0 Å². The molecule has 3 aromatic rings. The number of halogens is 2. The van der Waals surface area contributed by atoms with Gasteiger partial charge in [-0.05, 0) is 23.1 Å². The fourth-order valence-electron chi connectivity index (χ4n) is 4.66. The Hall–Kier alpha value is -2.69. The predicted molar refractivity (Wildman–Crippen MR) is 117 cm³/mol. The molecule has 0 N–H and O–H groups in total. The van der Waals surface area contributed by atoms with Crippen LogP contribution in [0.25, 0.3) is 0 Å². The van der Waals surface area contributed by atoms with E-state index in [0.29, 0.717) is 30.0 Å². The van der Waals surface area contributed by atoms with Crippen LogP contribution < -0.4 is 10.4 Å². The number of amides is 1. The van der Waals surface area contributed by atoms with Crippen molar-refractivity contribution in [3.05, 3.63) is 85.5 Å². The molecule has 0 spiro atoms. The highest BCUT2D eigenvalue weighted by Crippen LogP contribution is 2.47. The first kappa shape index (κ1) is 20.0. The summed E-state index contributed by atoms with van der Waals surface area (Å²) in [6, 6.07) is 6.99. The Balaban J connectivity index is 1.64. The molecule has 0 aliphatic carbocycles. The Bertz CT molecular complexity index is 1310. The van der Waals surface area contributed by atoms with Crippen molar-refractivity contribution < 1.29 is 18.3 Å². The number of morpholine rings is 1. The largest absolute Gasteiger partial charge is 0.375 e. The average molecular weight is 474 g/mol. The van der Waals surface area contributed by atoms with Crippen molar-refractivity contribution in [1.29, 1.82) is 0 Å². The zero-order chi connectivity index (χ0) is 22.0. The number of nitrogens with zero attached hydrogens (tertiary/aromatic N) is 3. The lowest BCUT2D eigenvalue weighted by atomic mass is 9.97. The van der Waals surface area contributed by atoms with E-state index in [1.807, 2.05) is 16.5 Å². The Morgan fingerprint density at radius 3 is 2.88 bits per heavy atom. The Labute approximate surface area is 190 Å². The molecule has 3 aliphatic heterocycles. The number of fused-ring (bicyclic) bond motifs is 4. The molecule has 5 heterocycles. The first-order valence-electron chi connectivity index (χ1n) is 10.1. The molecule has 1 amide bonds. The average Bonchev–Trinajstić information content (AvgIpc) is 3.20. The third-order valence-electron chi connectivity index (χ3n) is 6.11. The first-order chi connectivity index (χ1) is 15.5. The van der Waals surface area contributed by atoms with Crippen molar-refractivity contribution in [3.8, 4) is 0 Å². The molecule has 1 aromatic carbocycles. The smallest absolute Gasteiger partial charge is 0.274 e. The van der Waals surface area contributed by atoms with Gasteiger partial charge in [0.05, 0.1) is 13.2 Å². The summed E-state index contributed by atoms with van der Waals surface area (Å²) in [4.78, 5) is 29.0. The highest BCUT2D eigenvalue weighted by molar-refractivity contribution is 7.98. The number of rotatable bonds is 1. The van der Waals surface area contributed by atoms with E-state index in [1.54, 1.807) is 21.8 Å². The molecule has 10 heteroatoms. The first-order valence-corrected chi connectivity index (χ1v) is 12.0. The van der Waals surface area contributed by atoms with Gasteiger partial charge in [0, 0.05) is 46.0 Å². The van der Waals surface area contributed by atoms with Gasteiger partial charge in [-0.1, -0.05) is 6.07 Å². The molecule has 0 radical (unpaired) electrons. The van der Waals surface area contributed by atoms with Gasteiger partial charge in [0.25, 0.3) is 5.91 Å². The molecule has 3 aliphatic rings. The topological polar surface area (TPSA) is 54.8 Å².